The molecule has 3 aromatic rings. The minimum absolute atomic E-state index is 0.0960. The van der Waals surface area contributed by atoms with Crippen LogP contribution in [0.2, 0.25) is 0 Å². The normalized spacial score (nSPS) is 10.7. The van der Waals surface area contributed by atoms with Crippen LogP contribution in [0.25, 0.3) is 11.5 Å². The van der Waals surface area contributed by atoms with Gasteiger partial charge in [-0.15, -0.1) is 5.10 Å². The predicted octanol–water partition coefficient (Wildman–Crippen LogP) is 1.04. The topological polar surface area (TPSA) is 121 Å². The molecule has 3 rings (SSSR count). The fourth-order valence-corrected chi connectivity index (χ4v) is 2.55. The Kier molecular flexibility index (Phi) is 5.39. The highest BCUT2D eigenvalue weighted by atomic mass is 16.5. The van der Waals surface area contributed by atoms with E-state index >= 15 is 0 Å². The number of aryl methyl sites for hydroxylation is 2. The van der Waals surface area contributed by atoms with Gasteiger partial charge in [0.15, 0.2) is 6.61 Å². The molecule has 0 saturated heterocycles. The number of esters is 1. The van der Waals surface area contributed by atoms with Gasteiger partial charge in [-0.25, -0.2) is 4.79 Å². The first-order chi connectivity index (χ1) is 13.3. The molecule has 0 aliphatic rings. The summed E-state index contributed by atoms with van der Waals surface area (Å²) in [5, 5.41) is 10.8. The fourth-order valence-electron chi connectivity index (χ4n) is 2.55. The average Bonchev–Trinajstić information content (AvgIpc) is 3.15. The monoisotopic (exact) mass is 385 g/mol. The molecule has 0 unspecified atom stereocenters. The molecule has 0 aliphatic heterocycles. The number of hydrogen-bond donors (Lipinski definition) is 1. The Balaban J connectivity index is 1.57. The molecule has 10 nitrogen and oxygen atoms in total. The van der Waals surface area contributed by atoms with Crippen LogP contribution in [0.1, 0.15) is 11.4 Å². The Bertz CT molecular complexity index is 1060. The second kappa shape index (κ2) is 7.91. The Morgan fingerprint density at radius 1 is 1.18 bits per heavy atom. The maximum Gasteiger partial charge on any atom is 0.437 e. The molecule has 0 bridgehead atoms. The summed E-state index contributed by atoms with van der Waals surface area (Å²) in [7, 11) is 1.76. The minimum atomic E-state index is -0.790. The second-order valence-corrected chi connectivity index (χ2v) is 6.08. The predicted molar refractivity (Wildman–Crippen MR) is 98.5 cm³/mol. The quantitative estimate of drug-likeness (QED) is 0.629. The number of hydrogen-bond acceptors (Lipinski definition) is 7. The van der Waals surface area contributed by atoms with Gasteiger partial charge in [0, 0.05) is 12.6 Å². The Labute approximate surface area is 159 Å². The maximum absolute atomic E-state index is 12.0. The zero-order chi connectivity index (χ0) is 20.3. The van der Waals surface area contributed by atoms with E-state index in [0.717, 1.165) is 10.4 Å². The van der Waals surface area contributed by atoms with E-state index in [2.05, 4.69) is 15.5 Å². The highest BCUT2D eigenvalue weighted by Gasteiger charge is 2.16. The van der Waals surface area contributed by atoms with Crippen LogP contribution < -0.4 is 11.1 Å². The van der Waals surface area contributed by atoms with E-state index in [1.165, 1.54) is 0 Å². The van der Waals surface area contributed by atoms with Gasteiger partial charge in [0.1, 0.15) is 6.54 Å². The first kappa shape index (κ1) is 19.1. The molecule has 28 heavy (non-hydrogen) atoms. The molecule has 0 spiro atoms. The molecule has 146 valence electrons. The van der Waals surface area contributed by atoms with Crippen molar-refractivity contribution in [1.29, 1.82) is 0 Å². The van der Waals surface area contributed by atoms with Crippen LogP contribution in [0.15, 0.2) is 39.5 Å². The Morgan fingerprint density at radius 3 is 2.54 bits per heavy atom. The van der Waals surface area contributed by atoms with E-state index in [0.29, 0.717) is 16.9 Å². The molecular weight excluding hydrogens is 366 g/mol. The number of ether oxygens (including phenoxy) is 1. The summed E-state index contributed by atoms with van der Waals surface area (Å²) in [6.45, 7) is 2.61. The van der Waals surface area contributed by atoms with Gasteiger partial charge in [-0.3, -0.25) is 14.3 Å². The van der Waals surface area contributed by atoms with Gasteiger partial charge >= 0.3 is 11.7 Å². The Morgan fingerprint density at radius 2 is 1.89 bits per heavy atom. The van der Waals surface area contributed by atoms with E-state index in [9.17, 15) is 14.4 Å². The average molecular weight is 385 g/mol. The summed E-state index contributed by atoms with van der Waals surface area (Å²) in [5.41, 5.74) is 2.61. The van der Waals surface area contributed by atoms with E-state index < -0.39 is 30.8 Å². The van der Waals surface area contributed by atoms with E-state index in [1.807, 2.05) is 13.0 Å². The molecular formula is C18H19N5O5. The summed E-state index contributed by atoms with van der Waals surface area (Å²) in [5.74, 6) is -1.99. The van der Waals surface area contributed by atoms with Crippen LogP contribution in [-0.2, 0) is 27.9 Å². The molecule has 1 aromatic carbocycles. The minimum Gasteiger partial charge on any atom is -0.454 e. The van der Waals surface area contributed by atoms with Crippen molar-refractivity contribution < 1.29 is 18.7 Å². The van der Waals surface area contributed by atoms with Gasteiger partial charge in [0.2, 0.25) is 5.89 Å². The van der Waals surface area contributed by atoms with Crippen molar-refractivity contribution in [3.05, 3.63) is 52.3 Å². The van der Waals surface area contributed by atoms with Crippen molar-refractivity contribution in [2.45, 2.75) is 20.4 Å². The van der Waals surface area contributed by atoms with E-state index in [4.69, 9.17) is 9.15 Å². The standard InChI is InChI=1S/C18H19N5O5/c1-11-16(12(2)22(3)20-11)19-14(24)10-27-15(25)9-23-18(26)28-17(21-23)13-7-5-4-6-8-13/h4-8H,9-10H2,1-3H3,(H,19,24). The lowest BCUT2D eigenvalue weighted by atomic mass is 10.2. The number of aromatic nitrogens is 4. The lowest BCUT2D eigenvalue weighted by Gasteiger charge is -2.06. The molecule has 1 amide bonds. The Hall–Kier alpha value is -3.69. The first-order valence-corrected chi connectivity index (χ1v) is 8.44. The molecule has 0 radical (unpaired) electrons. The van der Waals surface area contributed by atoms with Gasteiger partial charge in [0.25, 0.3) is 5.91 Å². The molecule has 0 aliphatic carbocycles. The van der Waals surface area contributed by atoms with Crippen molar-refractivity contribution >= 4 is 17.6 Å². The largest absolute Gasteiger partial charge is 0.454 e. The fraction of sp³-hybridized carbons (Fsp3) is 0.278. The number of nitrogens with zero attached hydrogens (tertiary/aromatic N) is 4. The van der Waals surface area contributed by atoms with E-state index in [1.54, 1.807) is 42.9 Å². The number of amides is 1. The van der Waals surface area contributed by atoms with Crippen molar-refractivity contribution in [1.82, 2.24) is 19.6 Å². The van der Waals surface area contributed by atoms with Crippen molar-refractivity contribution in [3.63, 3.8) is 0 Å². The molecule has 1 N–H and O–H groups in total. The van der Waals surface area contributed by atoms with Crippen LogP contribution >= 0.6 is 0 Å². The van der Waals surface area contributed by atoms with Crippen molar-refractivity contribution in [2.24, 2.45) is 7.05 Å². The summed E-state index contributed by atoms with van der Waals surface area (Å²) in [4.78, 5) is 35.8. The summed E-state index contributed by atoms with van der Waals surface area (Å²) in [6.07, 6.45) is 0. The zero-order valence-electron chi connectivity index (χ0n) is 15.6. The van der Waals surface area contributed by atoms with E-state index in [-0.39, 0.29) is 5.89 Å². The van der Waals surface area contributed by atoms with Crippen LogP contribution in [0, 0.1) is 13.8 Å². The lowest BCUT2D eigenvalue weighted by molar-refractivity contribution is -0.148. The first-order valence-electron chi connectivity index (χ1n) is 8.44. The molecule has 0 fully saturated rings. The number of rotatable bonds is 6. The molecule has 0 atom stereocenters. The van der Waals surface area contributed by atoms with Gasteiger partial charge in [-0.1, -0.05) is 18.2 Å². The smallest absolute Gasteiger partial charge is 0.437 e. The number of nitrogens with one attached hydrogen (secondary N) is 1. The summed E-state index contributed by atoms with van der Waals surface area (Å²) < 4.78 is 12.4. The third-order valence-electron chi connectivity index (χ3n) is 4.04. The van der Waals surface area contributed by atoms with Crippen LogP contribution in [0.5, 0.6) is 0 Å². The van der Waals surface area contributed by atoms with Gasteiger partial charge in [-0.05, 0) is 26.0 Å². The molecule has 10 heteroatoms. The lowest BCUT2D eigenvalue weighted by Crippen LogP contribution is -2.26. The van der Waals surface area contributed by atoms with Gasteiger partial charge < -0.3 is 14.5 Å². The second-order valence-electron chi connectivity index (χ2n) is 6.08. The summed E-state index contributed by atoms with van der Waals surface area (Å²) >= 11 is 0. The number of carbonyl (C=O) groups excluding carboxylic acids is 2. The highest BCUT2D eigenvalue weighted by Crippen LogP contribution is 2.18. The number of anilines is 1. The maximum atomic E-state index is 12.0. The third-order valence-corrected chi connectivity index (χ3v) is 4.04. The third kappa shape index (κ3) is 4.17. The SMILES string of the molecule is Cc1nn(C)c(C)c1NC(=O)COC(=O)Cn1nc(-c2ccccc2)oc1=O. The number of carbonyl (C=O) groups is 2. The molecule has 2 heterocycles. The molecule has 2 aromatic heterocycles. The number of benzene rings is 1. The van der Waals surface area contributed by atoms with Gasteiger partial charge in [0.05, 0.1) is 17.1 Å². The van der Waals surface area contributed by atoms with Crippen LogP contribution in [0.3, 0.4) is 0 Å². The van der Waals surface area contributed by atoms with Crippen molar-refractivity contribution in [3.8, 4) is 11.5 Å². The summed E-state index contributed by atoms with van der Waals surface area (Å²) in [6, 6.07) is 8.80. The zero-order valence-corrected chi connectivity index (χ0v) is 15.6. The van der Waals surface area contributed by atoms with Crippen molar-refractivity contribution in [2.75, 3.05) is 11.9 Å². The van der Waals surface area contributed by atoms with Crippen LogP contribution in [-0.4, -0.2) is 38.0 Å². The highest BCUT2D eigenvalue weighted by molar-refractivity contribution is 5.93. The van der Waals surface area contributed by atoms with Gasteiger partial charge in [-0.2, -0.15) is 9.78 Å². The van der Waals surface area contributed by atoms with Crippen LogP contribution in [0.4, 0.5) is 5.69 Å². The molecule has 0 saturated carbocycles.